The third kappa shape index (κ3) is 2.41. The van der Waals surface area contributed by atoms with Crippen LogP contribution in [0.1, 0.15) is 5.69 Å². The summed E-state index contributed by atoms with van der Waals surface area (Å²) in [6.45, 7) is 0.557. The smallest absolute Gasteiger partial charge is 0.299 e. The molecule has 3 rings (SSSR count). The highest BCUT2D eigenvalue weighted by molar-refractivity contribution is 5.91. The van der Waals surface area contributed by atoms with Crippen LogP contribution in [0.5, 0.6) is 0 Å². The maximum Gasteiger partial charge on any atom is 0.299 e. The van der Waals surface area contributed by atoms with E-state index < -0.39 is 0 Å². The van der Waals surface area contributed by atoms with Crippen molar-refractivity contribution in [3.05, 3.63) is 48.5 Å². The SMILES string of the molecule is NCCc1coc(Nc2cccc3cccnc23)n1. The highest BCUT2D eigenvalue weighted by Gasteiger charge is 2.06. The van der Waals surface area contributed by atoms with Crippen molar-refractivity contribution in [2.45, 2.75) is 6.42 Å². The number of aromatic nitrogens is 2. The number of benzene rings is 1. The van der Waals surface area contributed by atoms with Gasteiger partial charge in [0.25, 0.3) is 6.01 Å². The maximum atomic E-state index is 5.48. The van der Waals surface area contributed by atoms with Gasteiger partial charge in [0.15, 0.2) is 0 Å². The van der Waals surface area contributed by atoms with Crippen LogP contribution in [-0.2, 0) is 6.42 Å². The number of nitrogens with one attached hydrogen (secondary N) is 1. The van der Waals surface area contributed by atoms with Crippen LogP contribution in [0.3, 0.4) is 0 Å². The van der Waals surface area contributed by atoms with Gasteiger partial charge >= 0.3 is 0 Å². The van der Waals surface area contributed by atoms with E-state index in [0.717, 1.165) is 22.3 Å². The molecule has 0 bridgehead atoms. The summed E-state index contributed by atoms with van der Waals surface area (Å²) in [6, 6.07) is 10.3. The highest BCUT2D eigenvalue weighted by atomic mass is 16.4. The first-order chi connectivity index (χ1) is 9.36. The van der Waals surface area contributed by atoms with Crippen molar-refractivity contribution in [3.63, 3.8) is 0 Å². The second kappa shape index (κ2) is 5.07. The summed E-state index contributed by atoms with van der Waals surface area (Å²) < 4.78 is 5.36. The first-order valence-corrected chi connectivity index (χ1v) is 6.12. The van der Waals surface area contributed by atoms with Crippen molar-refractivity contribution in [1.82, 2.24) is 9.97 Å². The van der Waals surface area contributed by atoms with Gasteiger partial charge < -0.3 is 15.5 Å². The largest absolute Gasteiger partial charge is 0.432 e. The maximum absolute atomic E-state index is 5.48. The number of pyridine rings is 1. The van der Waals surface area contributed by atoms with Crippen molar-refractivity contribution >= 4 is 22.6 Å². The van der Waals surface area contributed by atoms with Gasteiger partial charge in [0.05, 0.1) is 16.9 Å². The number of oxazole rings is 1. The topological polar surface area (TPSA) is 77.0 Å². The molecule has 19 heavy (non-hydrogen) atoms. The fourth-order valence-corrected chi connectivity index (χ4v) is 1.95. The first-order valence-electron chi connectivity index (χ1n) is 6.12. The zero-order chi connectivity index (χ0) is 13.1. The Labute approximate surface area is 110 Å². The zero-order valence-corrected chi connectivity index (χ0v) is 10.3. The molecule has 3 aromatic rings. The summed E-state index contributed by atoms with van der Waals surface area (Å²) in [5, 5.41) is 4.22. The number of para-hydroxylation sites is 1. The Bertz CT molecular complexity index is 687. The van der Waals surface area contributed by atoms with Crippen molar-refractivity contribution < 1.29 is 4.42 Å². The van der Waals surface area contributed by atoms with Crippen LogP contribution in [0.15, 0.2) is 47.2 Å². The molecule has 2 aromatic heterocycles. The van der Waals surface area contributed by atoms with Gasteiger partial charge in [-0.15, -0.1) is 0 Å². The van der Waals surface area contributed by atoms with Crippen LogP contribution in [-0.4, -0.2) is 16.5 Å². The van der Waals surface area contributed by atoms with E-state index in [1.165, 1.54) is 0 Å². The fraction of sp³-hybridized carbons (Fsp3) is 0.143. The van der Waals surface area contributed by atoms with Gasteiger partial charge in [-0.05, 0) is 18.7 Å². The molecule has 3 N–H and O–H groups in total. The van der Waals surface area contributed by atoms with Crippen molar-refractivity contribution in [2.75, 3.05) is 11.9 Å². The number of hydrogen-bond acceptors (Lipinski definition) is 5. The van der Waals surface area contributed by atoms with Crippen LogP contribution in [0, 0.1) is 0 Å². The zero-order valence-electron chi connectivity index (χ0n) is 10.3. The summed E-state index contributed by atoms with van der Waals surface area (Å²) in [7, 11) is 0. The van der Waals surface area contributed by atoms with Crippen LogP contribution in [0.4, 0.5) is 11.7 Å². The predicted octanol–water partition coefficient (Wildman–Crippen LogP) is 2.47. The van der Waals surface area contributed by atoms with E-state index >= 15 is 0 Å². The number of hydrogen-bond donors (Lipinski definition) is 2. The van der Waals surface area contributed by atoms with Gasteiger partial charge in [-0.3, -0.25) is 4.98 Å². The Hall–Kier alpha value is -2.40. The van der Waals surface area contributed by atoms with E-state index in [1.54, 1.807) is 12.5 Å². The Morgan fingerprint density at radius 1 is 1.21 bits per heavy atom. The molecule has 0 atom stereocenters. The number of fused-ring (bicyclic) bond motifs is 1. The molecule has 2 heterocycles. The Morgan fingerprint density at radius 2 is 2.11 bits per heavy atom. The normalized spacial score (nSPS) is 10.8. The third-order valence-electron chi connectivity index (χ3n) is 2.83. The summed E-state index contributed by atoms with van der Waals surface area (Å²) in [5.74, 6) is 0. The average molecular weight is 254 g/mol. The van der Waals surface area contributed by atoms with E-state index in [0.29, 0.717) is 19.0 Å². The van der Waals surface area contributed by atoms with Crippen LogP contribution in [0.2, 0.25) is 0 Å². The molecule has 0 saturated heterocycles. The molecule has 0 saturated carbocycles. The molecular weight excluding hydrogens is 240 g/mol. The lowest BCUT2D eigenvalue weighted by Gasteiger charge is -2.05. The molecular formula is C14H14N4O. The van der Waals surface area contributed by atoms with Gasteiger partial charge in [-0.25, -0.2) is 0 Å². The van der Waals surface area contributed by atoms with Gasteiger partial charge in [0, 0.05) is 18.0 Å². The predicted molar refractivity (Wildman–Crippen MR) is 74.3 cm³/mol. The van der Waals surface area contributed by atoms with Gasteiger partial charge in [0.2, 0.25) is 0 Å². The molecule has 0 spiro atoms. The monoisotopic (exact) mass is 254 g/mol. The average Bonchev–Trinajstić information content (AvgIpc) is 2.87. The summed E-state index contributed by atoms with van der Waals surface area (Å²) in [5.41, 5.74) is 8.10. The van der Waals surface area contributed by atoms with Crippen LogP contribution < -0.4 is 11.1 Å². The van der Waals surface area contributed by atoms with E-state index in [4.69, 9.17) is 10.2 Å². The quantitative estimate of drug-likeness (QED) is 0.748. The number of nitrogens with two attached hydrogens (primary N) is 1. The molecule has 0 aliphatic carbocycles. The van der Waals surface area contributed by atoms with E-state index in [-0.39, 0.29) is 0 Å². The van der Waals surface area contributed by atoms with Crippen molar-refractivity contribution in [3.8, 4) is 0 Å². The second-order valence-corrected chi connectivity index (χ2v) is 4.19. The van der Waals surface area contributed by atoms with Crippen molar-refractivity contribution in [1.29, 1.82) is 0 Å². The molecule has 5 nitrogen and oxygen atoms in total. The fourth-order valence-electron chi connectivity index (χ4n) is 1.95. The van der Waals surface area contributed by atoms with E-state index in [9.17, 15) is 0 Å². The minimum atomic E-state index is 0.460. The van der Waals surface area contributed by atoms with E-state index in [2.05, 4.69) is 15.3 Å². The molecule has 0 amide bonds. The Balaban J connectivity index is 1.92. The second-order valence-electron chi connectivity index (χ2n) is 4.19. The molecule has 0 fully saturated rings. The summed E-state index contributed by atoms with van der Waals surface area (Å²) >= 11 is 0. The van der Waals surface area contributed by atoms with Crippen LogP contribution in [0.25, 0.3) is 10.9 Å². The van der Waals surface area contributed by atoms with Crippen molar-refractivity contribution in [2.24, 2.45) is 5.73 Å². The third-order valence-corrected chi connectivity index (χ3v) is 2.83. The minimum absolute atomic E-state index is 0.460. The summed E-state index contributed by atoms with van der Waals surface area (Å²) in [6.07, 6.45) is 4.09. The number of rotatable bonds is 4. The molecule has 1 aromatic carbocycles. The standard InChI is InChI=1S/C14H14N4O/c15-7-6-11-9-19-14(17-11)18-12-5-1-3-10-4-2-8-16-13(10)12/h1-5,8-9H,6-7,15H2,(H,17,18). The lowest BCUT2D eigenvalue weighted by atomic mass is 10.2. The Kier molecular flexibility index (Phi) is 3.12. The van der Waals surface area contributed by atoms with E-state index in [1.807, 2.05) is 30.3 Å². The Morgan fingerprint density at radius 3 is 3.00 bits per heavy atom. The molecule has 96 valence electrons. The number of anilines is 2. The molecule has 5 heteroatoms. The molecule has 0 radical (unpaired) electrons. The minimum Gasteiger partial charge on any atom is -0.432 e. The molecule has 0 aliphatic rings. The lowest BCUT2D eigenvalue weighted by Crippen LogP contribution is -2.02. The molecule has 0 aliphatic heterocycles. The first kappa shape index (κ1) is 11.7. The van der Waals surface area contributed by atoms with Gasteiger partial charge in [-0.1, -0.05) is 18.2 Å². The van der Waals surface area contributed by atoms with Gasteiger partial charge in [-0.2, -0.15) is 4.98 Å². The summed E-state index contributed by atoms with van der Waals surface area (Å²) in [4.78, 5) is 8.69. The van der Waals surface area contributed by atoms with Crippen LogP contribution >= 0.6 is 0 Å². The highest BCUT2D eigenvalue weighted by Crippen LogP contribution is 2.24. The van der Waals surface area contributed by atoms with Gasteiger partial charge in [0.1, 0.15) is 6.26 Å². The molecule has 0 unspecified atom stereocenters. The lowest BCUT2D eigenvalue weighted by molar-refractivity contribution is 0.576. The number of nitrogens with zero attached hydrogens (tertiary/aromatic N) is 2.